The van der Waals surface area contributed by atoms with Crippen molar-refractivity contribution in [1.29, 1.82) is 0 Å². The van der Waals surface area contributed by atoms with Crippen LogP contribution in [0.5, 0.6) is 0 Å². The summed E-state index contributed by atoms with van der Waals surface area (Å²) in [5, 5.41) is 11.7. The van der Waals surface area contributed by atoms with E-state index in [1.807, 2.05) is 11.8 Å². The maximum Gasteiger partial charge on any atom is 0.407 e. The number of hydrogen-bond acceptors (Lipinski definition) is 5. The Labute approximate surface area is 158 Å². The fraction of sp³-hybridized carbons (Fsp3) is 0.824. The zero-order chi connectivity index (χ0) is 19.2. The summed E-state index contributed by atoms with van der Waals surface area (Å²) < 4.78 is 5.11. The Morgan fingerprint density at radius 3 is 2.65 bits per heavy atom. The molecule has 0 bridgehead atoms. The molecule has 3 atom stereocenters. The molecular formula is C17H30N4O4S. The summed E-state index contributed by atoms with van der Waals surface area (Å²) in [5.74, 6) is 0.947. The van der Waals surface area contributed by atoms with Crippen LogP contribution in [0.1, 0.15) is 46.5 Å². The van der Waals surface area contributed by atoms with Crippen LogP contribution in [-0.4, -0.2) is 59.8 Å². The predicted molar refractivity (Wildman–Crippen MR) is 101 cm³/mol. The standard InChI is InChI=1S/C17H30N4O4S/c1-17(2,3)25-16(24)19-9-8-18-13(22)7-5-4-6-12-14-11(10-26-12)20-15(23)21-14/h11-12,14H,4-10H2,1-3H3,(H,18,22)(H,19,24)(H2,20,21,23)/t11-,12-,14-/m0/s1. The molecule has 2 rings (SSSR count). The highest BCUT2D eigenvalue weighted by atomic mass is 32.2. The van der Waals surface area contributed by atoms with Crippen LogP contribution < -0.4 is 21.3 Å². The van der Waals surface area contributed by atoms with E-state index in [0.717, 1.165) is 25.0 Å². The summed E-state index contributed by atoms with van der Waals surface area (Å²) in [4.78, 5) is 34.6. The Bertz CT molecular complexity index is 523. The highest BCUT2D eigenvalue weighted by molar-refractivity contribution is 8.00. The predicted octanol–water partition coefficient (Wildman–Crippen LogP) is 1.35. The molecule has 2 aliphatic heterocycles. The number of alkyl carbamates (subject to hydrolysis) is 1. The van der Waals surface area contributed by atoms with Gasteiger partial charge < -0.3 is 26.0 Å². The normalized spacial score (nSPS) is 24.4. The van der Waals surface area contributed by atoms with E-state index in [1.165, 1.54) is 0 Å². The Balaban J connectivity index is 1.48. The van der Waals surface area contributed by atoms with Gasteiger partial charge in [0.2, 0.25) is 5.91 Å². The minimum absolute atomic E-state index is 0.0104. The van der Waals surface area contributed by atoms with E-state index in [1.54, 1.807) is 20.8 Å². The first-order chi connectivity index (χ1) is 12.2. The lowest BCUT2D eigenvalue weighted by molar-refractivity contribution is -0.121. The van der Waals surface area contributed by atoms with Crippen molar-refractivity contribution in [3.8, 4) is 0 Å². The lowest BCUT2D eigenvalue weighted by atomic mass is 10.0. The summed E-state index contributed by atoms with van der Waals surface area (Å²) >= 11 is 1.89. The molecule has 0 radical (unpaired) electrons. The summed E-state index contributed by atoms with van der Waals surface area (Å²) in [6.07, 6.45) is 2.78. The van der Waals surface area contributed by atoms with Gasteiger partial charge in [-0.15, -0.1) is 0 Å². The van der Waals surface area contributed by atoms with E-state index in [9.17, 15) is 14.4 Å². The Hall–Kier alpha value is -1.64. The van der Waals surface area contributed by atoms with Crippen LogP contribution in [0.2, 0.25) is 0 Å². The van der Waals surface area contributed by atoms with Crippen molar-refractivity contribution in [3.63, 3.8) is 0 Å². The molecule has 4 N–H and O–H groups in total. The molecular weight excluding hydrogens is 356 g/mol. The van der Waals surface area contributed by atoms with Gasteiger partial charge in [0.1, 0.15) is 5.60 Å². The highest BCUT2D eigenvalue weighted by Crippen LogP contribution is 2.33. The Morgan fingerprint density at radius 1 is 1.19 bits per heavy atom. The molecule has 0 saturated carbocycles. The second-order valence-electron chi connectivity index (χ2n) is 7.65. The molecule has 0 spiro atoms. The third-order valence-corrected chi connectivity index (χ3v) is 5.70. The lowest BCUT2D eigenvalue weighted by Gasteiger charge is -2.19. The molecule has 2 aliphatic rings. The largest absolute Gasteiger partial charge is 0.444 e. The highest BCUT2D eigenvalue weighted by Gasteiger charge is 2.42. The number of unbranched alkanes of at least 4 members (excludes halogenated alkanes) is 1. The van der Waals surface area contributed by atoms with Crippen molar-refractivity contribution >= 4 is 29.8 Å². The number of carbonyl (C=O) groups excluding carboxylic acids is 3. The van der Waals surface area contributed by atoms with Gasteiger partial charge in [-0.05, 0) is 33.6 Å². The molecule has 0 aromatic heterocycles. The average Bonchev–Trinajstić information content (AvgIpc) is 3.06. The number of thioether (sulfide) groups is 1. The molecule has 0 aromatic rings. The summed E-state index contributed by atoms with van der Waals surface area (Å²) in [7, 11) is 0. The monoisotopic (exact) mass is 386 g/mol. The number of amides is 4. The van der Waals surface area contributed by atoms with Gasteiger partial charge in [0.15, 0.2) is 0 Å². The molecule has 2 fully saturated rings. The molecule has 26 heavy (non-hydrogen) atoms. The van der Waals surface area contributed by atoms with Crippen LogP contribution in [0, 0.1) is 0 Å². The van der Waals surface area contributed by atoms with E-state index < -0.39 is 11.7 Å². The summed E-state index contributed by atoms with van der Waals surface area (Å²) in [5.41, 5.74) is -0.525. The molecule has 0 unspecified atom stereocenters. The van der Waals surface area contributed by atoms with Crippen molar-refractivity contribution in [2.75, 3.05) is 18.8 Å². The molecule has 148 valence electrons. The molecule has 0 aliphatic carbocycles. The fourth-order valence-electron chi connectivity index (χ4n) is 3.04. The molecule has 8 nitrogen and oxygen atoms in total. The molecule has 0 aromatic carbocycles. The number of nitrogens with one attached hydrogen (secondary N) is 4. The molecule has 9 heteroatoms. The van der Waals surface area contributed by atoms with Gasteiger partial charge in [0.05, 0.1) is 12.1 Å². The van der Waals surface area contributed by atoms with Crippen LogP contribution in [-0.2, 0) is 9.53 Å². The van der Waals surface area contributed by atoms with Crippen molar-refractivity contribution in [3.05, 3.63) is 0 Å². The number of fused-ring (bicyclic) bond motifs is 1. The Kier molecular flexibility index (Phi) is 7.43. The first kappa shape index (κ1) is 20.7. The van der Waals surface area contributed by atoms with Crippen LogP contribution >= 0.6 is 11.8 Å². The number of rotatable bonds is 8. The van der Waals surface area contributed by atoms with Crippen LogP contribution in [0.4, 0.5) is 9.59 Å². The first-order valence-electron chi connectivity index (χ1n) is 9.17. The van der Waals surface area contributed by atoms with Crippen molar-refractivity contribution in [2.45, 2.75) is 69.4 Å². The van der Waals surface area contributed by atoms with Crippen LogP contribution in [0.25, 0.3) is 0 Å². The summed E-state index contributed by atoms with van der Waals surface area (Å²) in [6, 6.07) is 0.406. The van der Waals surface area contributed by atoms with E-state index in [4.69, 9.17) is 4.74 Å². The zero-order valence-electron chi connectivity index (χ0n) is 15.7. The van der Waals surface area contributed by atoms with Crippen molar-refractivity contribution in [1.82, 2.24) is 21.3 Å². The number of hydrogen-bond donors (Lipinski definition) is 4. The van der Waals surface area contributed by atoms with Gasteiger partial charge in [0, 0.05) is 30.5 Å². The number of urea groups is 1. The van der Waals surface area contributed by atoms with E-state index in [0.29, 0.717) is 24.8 Å². The van der Waals surface area contributed by atoms with Gasteiger partial charge in [-0.2, -0.15) is 11.8 Å². The van der Waals surface area contributed by atoms with Gasteiger partial charge in [-0.1, -0.05) is 6.42 Å². The second-order valence-corrected chi connectivity index (χ2v) is 8.92. The first-order valence-corrected chi connectivity index (χ1v) is 10.2. The van der Waals surface area contributed by atoms with Crippen molar-refractivity contribution < 1.29 is 19.1 Å². The second kappa shape index (κ2) is 9.34. The van der Waals surface area contributed by atoms with Crippen LogP contribution in [0.15, 0.2) is 0 Å². The third-order valence-electron chi connectivity index (χ3n) is 4.20. The fourth-order valence-corrected chi connectivity index (χ4v) is 4.59. The minimum atomic E-state index is -0.525. The molecule has 2 saturated heterocycles. The van der Waals surface area contributed by atoms with Crippen molar-refractivity contribution in [2.24, 2.45) is 0 Å². The molecule has 2 heterocycles. The zero-order valence-corrected chi connectivity index (χ0v) is 16.5. The molecule has 4 amide bonds. The number of ether oxygens (including phenoxy) is 1. The minimum Gasteiger partial charge on any atom is -0.444 e. The third kappa shape index (κ3) is 6.93. The van der Waals surface area contributed by atoms with Gasteiger partial charge in [0.25, 0.3) is 0 Å². The SMILES string of the molecule is CC(C)(C)OC(=O)NCCNC(=O)CCCC[C@@H]1SC[C@@H]2NC(=O)N[C@@H]21. The Morgan fingerprint density at radius 2 is 1.92 bits per heavy atom. The maximum absolute atomic E-state index is 11.8. The van der Waals surface area contributed by atoms with E-state index in [2.05, 4.69) is 21.3 Å². The van der Waals surface area contributed by atoms with E-state index >= 15 is 0 Å². The summed E-state index contributed by atoms with van der Waals surface area (Å²) in [6.45, 7) is 6.13. The topological polar surface area (TPSA) is 109 Å². The maximum atomic E-state index is 11.8. The quantitative estimate of drug-likeness (QED) is 0.372. The van der Waals surface area contributed by atoms with Gasteiger partial charge >= 0.3 is 12.1 Å². The van der Waals surface area contributed by atoms with Gasteiger partial charge in [-0.25, -0.2) is 9.59 Å². The van der Waals surface area contributed by atoms with E-state index in [-0.39, 0.29) is 24.0 Å². The number of carbonyl (C=O) groups is 3. The lowest BCUT2D eigenvalue weighted by Crippen LogP contribution is -2.37. The van der Waals surface area contributed by atoms with Crippen LogP contribution in [0.3, 0.4) is 0 Å². The smallest absolute Gasteiger partial charge is 0.407 e. The average molecular weight is 387 g/mol. The van der Waals surface area contributed by atoms with Gasteiger partial charge in [-0.3, -0.25) is 4.79 Å².